The minimum absolute atomic E-state index is 0.216. The van der Waals surface area contributed by atoms with E-state index >= 15 is 0 Å². The van der Waals surface area contributed by atoms with Gasteiger partial charge in [-0.1, -0.05) is 30.0 Å². The van der Waals surface area contributed by atoms with Crippen LogP contribution < -0.4 is 15.0 Å². The van der Waals surface area contributed by atoms with E-state index in [0.29, 0.717) is 28.7 Å². The number of aliphatic hydroxyl groups is 1. The van der Waals surface area contributed by atoms with E-state index in [1.807, 2.05) is 30.3 Å². The summed E-state index contributed by atoms with van der Waals surface area (Å²) in [6.45, 7) is 0.216. The molecule has 0 radical (unpaired) electrons. The summed E-state index contributed by atoms with van der Waals surface area (Å²) in [6.07, 6.45) is 3.17. The Morgan fingerprint density at radius 3 is 2.57 bits per heavy atom. The van der Waals surface area contributed by atoms with Crippen LogP contribution in [0.4, 0.5) is 0 Å². The van der Waals surface area contributed by atoms with Gasteiger partial charge >= 0.3 is 0 Å². The average Bonchev–Trinajstić information content (AvgIpc) is 3.62. The van der Waals surface area contributed by atoms with Crippen LogP contribution in [-0.4, -0.2) is 34.7 Å². The number of hydrogen-bond acceptors (Lipinski definition) is 5. The molecule has 1 N–H and O–H groups in total. The number of methoxy groups -OCH3 is 1. The molecule has 4 rings (SSSR count). The van der Waals surface area contributed by atoms with Crippen molar-refractivity contribution in [2.45, 2.75) is 18.9 Å². The number of hydrogen-bond donors (Lipinski definition) is 1. The molecule has 0 amide bonds. The number of aromatic nitrogens is 2. The van der Waals surface area contributed by atoms with Gasteiger partial charge in [0.25, 0.3) is 5.56 Å². The Morgan fingerprint density at radius 2 is 1.87 bits per heavy atom. The first-order valence-corrected chi connectivity index (χ1v) is 9.80. The SMILES string of the molecule is COc1cc(-n2ncc(C#Cc3ccccc3)cc2=O)ccc1OCC(O)C1CC1. The van der Waals surface area contributed by atoms with E-state index in [1.54, 1.807) is 24.4 Å². The van der Waals surface area contributed by atoms with E-state index in [1.165, 1.54) is 17.9 Å². The van der Waals surface area contributed by atoms with Crippen molar-refractivity contribution in [2.24, 2.45) is 5.92 Å². The van der Waals surface area contributed by atoms with Gasteiger partial charge in [0.15, 0.2) is 11.5 Å². The molecule has 1 atom stereocenters. The summed E-state index contributed by atoms with van der Waals surface area (Å²) in [5.74, 6) is 7.29. The van der Waals surface area contributed by atoms with E-state index in [-0.39, 0.29) is 12.2 Å². The van der Waals surface area contributed by atoms with Crippen LogP contribution in [-0.2, 0) is 0 Å². The van der Waals surface area contributed by atoms with Gasteiger partial charge in [0.2, 0.25) is 0 Å². The predicted molar refractivity (Wildman–Crippen MR) is 113 cm³/mol. The molecule has 1 heterocycles. The molecule has 6 nitrogen and oxygen atoms in total. The largest absolute Gasteiger partial charge is 0.493 e. The third kappa shape index (κ3) is 4.70. The standard InChI is InChI=1S/C24H22N2O4/c1-29-23-14-20(11-12-22(23)30-16-21(27)19-9-10-19)26-24(28)13-18(15-25-26)8-7-17-5-3-2-4-6-17/h2-6,11-15,19,21,27H,9-10,16H2,1H3. The average molecular weight is 402 g/mol. The number of ether oxygens (including phenoxy) is 2. The molecule has 1 fully saturated rings. The highest BCUT2D eigenvalue weighted by atomic mass is 16.5. The molecule has 0 bridgehead atoms. The molecule has 1 aliphatic carbocycles. The van der Waals surface area contributed by atoms with Crippen molar-refractivity contribution >= 4 is 0 Å². The third-order valence-electron chi connectivity index (χ3n) is 4.89. The maximum atomic E-state index is 12.6. The smallest absolute Gasteiger partial charge is 0.272 e. The second-order valence-electron chi connectivity index (χ2n) is 7.16. The first-order chi connectivity index (χ1) is 14.6. The maximum Gasteiger partial charge on any atom is 0.272 e. The molecule has 6 heteroatoms. The monoisotopic (exact) mass is 402 g/mol. The van der Waals surface area contributed by atoms with Crippen LogP contribution in [0.25, 0.3) is 5.69 Å². The summed E-state index contributed by atoms with van der Waals surface area (Å²) in [5, 5.41) is 14.2. The molecular weight excluding hydrogens is 380 g/mol. The Bertz CT molecular complexity index is 1140. The zero-order valence-corrected chi connectivity index (χ0v) is 16.6. The molecule has 1 unspecified atom stereocenters. The van der Waals surface area contributed by atoms with Gasteiger partial charge < -0.3 is 14.6 Å². The van der Waals surface area contributed by atoms with Gasteiger partial charge in [-0.05, 0) is 43.0 Å². The van der Waals surface area contributed by atoms with Crippen molar-refractivity contribution in [2.75, 3.05) is 13.7 Å². The second-order valence-corrected chi connectivity index (χ2v) is 7.16. The van der Waals surface area contributed by atoms with Crippen molar-refractivity contribution in [3.05, 3.63) is 82.3 Å². The van der Waals surface area contributed by atoms with Gasteiger partial charge in [0, 0.05) is 17.7 Å². The molecule has 30 heavy (non-hydrogen) atoms. The topological polar surface area (TPSA) is 73.6 Å². The molecule has 0 saturated heterocycles. The fraction of sp³-hybridized carbons (Fsp3) is 0.250. The Kier molecular flexibility index (Phi) is 5.82. The fourth-order valence-corrected chi connectivity index (χ4v) is 3.04. The Labute approximate surface area is 174 Å². The van der Waals surface area contributed by atoms with E-state index in [0.717, 1.165) is 18.4 Å². The van der Waals surface area contributed by atoms with Gasteiger partial charge in [-0.15, -0.1) is 0 Å². The number of benzene rings is 2. The maximum absolute atomic E-state index is 12.6. The highest BCUT2D eigenvalue weighted by molar-refractivity contribution is 5.49. The lowest BCUT2D eigenvalue weighted by Crippen LogP contribution is -2.21. The molecule has 1 aliphatic rings. The van der Waals surface area contributed by atoms with Crippen LogP contribution in [0.5, 0.6) is 11.5 Å². The van der Waals surface area contributed by atoms with Crippen LogP contribution >= 0.6 is 0 Å². The first kappa shape index (κ1) is 19.7. The van der Waals surface area contributed by atoms with Gasteiger partial charge in [-0.25, -0.2) is 0 Å². The van der Waals surface area contributed by atoms with Gasteiger partial charge in [-0.3, -0.25) is 4.79 Å². The molecule has 0 aliphatic heterocycles. The van der Waals surface area contributed by atoms with Crippen LogP contribution in [0.1, 0.15) is 24.0 Å². The third-order valence-corrected chi connectivity index (χ3v) is 4.89. The highest BCUT2D eigenvalue weighted by Crippen LogP contribution is 2.34. The fourth-order valence-electron chi connectivity index (χ4n) is 3.04. The number of rotatable bonds is 6. The van der Waals surface area contributed by atoms with E-state index in [2.05, 4.69) is 16.9 Å². The summed E-state index contributed by atoms with van der Waals surface area (Å²) < 4.78 is 12.4. The van der Waals surface area contributed by atoms with E-state index in [9.17, 15) is 9.90 Å². The normalized spacial score (nSPS) is 13.8. The molecule has 152 valence electrons. The van der Waals surface area contributed by atoms with E-state index in [4.69, 9.17) is 9.47 Å². The second kappa shape index (κ2) is 8.85. The van der Waals surface area contributed by atoms with Gasteiger partial charge in [0.1, 0.15) is 6.61 Å². The highest BCUT2D eigenvalue weighted by Gasteiger charge is 2.30. The molecule has 1 saturated carbocycles. The van der Waals surface area contributed by atoms with E-state index < -0.39 is 6.10 Å². The molecule has 3 aromatic rings. The van der Waals surface area contributed by atoms with Crippen LogP contribution in [0, 0.1) is 17.8 Å². The van der Waals surface area contributed by atoms with Crippen molar-refractivity contribution < 1.29 is 14.6 Å². The number of nitrogens with zero attached hydrogens (tertiary/aromatic N) is 2. The zero-order valence-electron chi connectivity index (χ0n) is 16.6. The van der Waals surface area contributed by atoms with Gasteiger partial charge in [-0.2, -0.15) is 9.78 Å². The lowest BCUT2D eigenvalue weighted by atomic mass is 10.2. The minimum Gasteiger partial charge on any atom is -0.493 e. The van der Waals surface area contributed by atoms with Crippen molar-refractivity contribution in [3.63, 3.8) is 0 Å². The zero-order chi connectivity index (χ0) is 20.9. The number of aliphatic hydroxyl groups excluding tert-OH is 1. The first-order valence-electron chi connectivity index (χ1n) is 9.80. The molecule has 2 aromatic carbocycles. The summed E-state index contributed by atoms with van der Waals surface area (Å²) in [7, 11) is 1.53. The lowest BCUT2D eigenvalue weighted by molar-refractivity contribution is 0.0879. The predicted octanol–water partition coefficient (Wildman–Crippen LogP) is 2.79. The summed E-state index contributed by atoms with van der Waals surface area (Å²) >= 11 is 0. The molecule has 0 spiro atoms. The van der Waals surface area contributed by atoms with Crippen LogP contribution in [0.2, 0.25) is 0 Å². The Hall–Kier alpha value is -3.56. The summed E-state index contributed by atoms with van der Waals surface area (Å²) in [6, 6.07) is 16.1. The molecular formula is C24H22N2O4. The Morgan fingerprint density at radius 1 is 1.10 bits per heavy atom. The quantitative estimate of drug-likeness (QED) is 0.642. The van der Waals surface area contributed by atoms with Crippen LogP contribution in [0.15, 0.2) is 65.6 Å². The summed E-state index contributed by atoms with van der Waals surface area (Å²) in [5.41, 5.74) is 1.67. The lowest BCUT2D eigenvalue weighted by Gasteiger charge is -2.15. The molecule has 1 aromatic heterocycles. The van der Waals surface area contributed by atoms with Crippen molar-refractivity contribution in [1.29, 1.82) is 0 Å². The van der Waals surface area contributed by atoms with Crippen molar-refractivity contribution in [3.8, 4) is 29.0 Å². The summed E-state index contributed by atoms with van der Waals surface area (Å²) in [4.78, 5) is 12.6. The Balaban J connectivity index is 1.53. The van der Waals surface area contributed by atoms with Crippen LogP contribution in [0.3, 0.4) is 0 Å². The van der Waals surface area contributed by atoms with Crippen molar-refractivity contribution in [1.82, 2.24) is 9.78 Å². The van der Waals surface area contributed by atoms with Gasteiger partial charge in [0.05, 0.1) is 30.7 Å². The minimum atomic E-state index is -0.469.